The Kier molecular flexibility index (Phi) is 3.42. The van der Waals surface area contributed by atoms with Gasteiger partial charge in [-0.25, -0.2) is 0 Å². The molecule has 1 heteroatoms. The zero-order valence-corrected chi connectivity index (χ0v) is 9.79. The molecule has 0 amide bonds. The van der Waals surface area contributed by atoms with Crippen molar-refractivity contribution in [3.05, 3.63) is 35.4 Å². The van der Waals surface area contributed by atoms with Crippen LogP contribution in [0.3, 0.4) is 0 Å². The van der Waals surface area contributed by atoms with E-state index < -0.39 is 0 Å². The molecule has 0 radical (unpaired) electrons. The maximum atomic E-state index is 3.58. The summed E-state index contributed by atoms with van der Waals surface area (Å²) < 4.78 is 0. The summed E-state index contributed by atoms with van der Waals surface area (Å²) in [6.45, 7) is 5.78. The minimum atomic E-state index is 0.682. The molecule has 1 saturated heterocycles. The summed E-state index contributed by atoms with van der Waals surface area (Å²) >= 11 is 0. The van der Waals surface area contributed by atoms with Crippen molar-refractivity contribution in [2.75, 3.05) is 6.54 Å². The molecule has 0 spiro atoms. The third-order valence-corrected chi connectivity index (χ3v) is 3.52. The molecule has 15 heavy (non-hydrogen) atoms. The normalized spacial score (nSPS) is 22.9. The van der Waals surface area contributed by atoms with E-state index in [1.54, 1.807) is 0 Å². The van der Waals surface area contributed by atoms with E-state index in [0.717, 1.165) is 6.04 Å². The van der Waals surface area contributed by atoms with Gasteiger partial charge in [0, 0.05) is 6.04 Å². The lowest BCUT2D eigenvalue weighted by Crippen LogP contribution is -2.23. The first-order chi connectivity index (χ1) is 7.27. The van der Waals surface area contributed by atoms with Crippen LogP contribution in [0.5, 0.6) is 0 Å². The van der Waals surface area contributed by atoms with Crippen LogP contribution < -0.4 is 5.32 Å². The molecular formula is C14H21N. The zero-order chi connectivity index (χ0) is 10.7. The summed E-state index contributed by atoms with van der Waals surface area (Å²) in [5.41, 5.74) is 2.95. The lowest BCUT2D eigenvalue weighted by Gasteiger charge is -2.18. The molecular weight excluding hydrogens is 182 g/mol. The zero-order valence-electron chi connectivity index (χ0n) is 9.79. The molecule has 1 fully saturated rings. The van der Waals surface area contributed by atoms with Crippen LogP contribution >= 0.6 is 0 Å². The summed E-state index contributed by atoms with van der Waals surface area (Å²) in [6, 6.07) is 9.52. The standard InChI is InChI=1S/C14H21N/c1-11-6-3-4-8-14(11)12(2)10-13-7-5-9-15-13/h3-4,6,8,12-13,15H,5,7,9-10H2,1-2H3. The van der Waals surface area contributed by atoms with Gasteiger partial charge in [-0.3, -0.25) is 0 Å². The van der Waals surface area contributed by atoms with Gasteiger partial charge in [-0.05, 0) is 49.8 Å². The van der Waals surface area contributed by atoms with Crippen molar-refractivity contribution in [3.63, 3.8) is 0 Å². The highest BCUT2D eigenvalue weighted by Crippen LogP contribution is 2.26. The quantitative estimate of drug-likeness (QED) is 0.795. The van der Waals surface area contributed by atoms with Gasteiger partial charge in [0.2, 0.25) is 0 Å². The first-order valence-corrected chi connectivity index (χ1v) is 6.06. The molecule has 1 aliphatic heterocycles. The van der Waals surface area contributed by atoms with E-state index in [0.29, 0.717) is 5.92 Å². The molecule has 2 rings (SSSR count). The average Bonchev–Trinajstić information content (AvgIpc) is 2.71. The van der Waals surface area contributed by atoms with Crippen molar-refractivity contribution in [3.8, 4) is 0 Å². The SMILES string of the molecule is Cc1ccccc1C(C)CC1CCCN1. The number of nitrogens with one attached hydrogen (secondary N) is 1. The second-order valence-electron chi connectivity index (χ2n) is 4.79. The average molecular weight is 203 g/mol. The van der Waals surface area contributed by atoms with Gasteiger partial charge in [0.25, 0.3) is 0 Å². The molecule has 1 aliphatic rings. The third-order valence-electron chi connectivity index (χ3n) is 3.52. The van der Waals surface area contributed by atoms with Gasteiger partial charge in [-0.15, -0.1) is 0 Å². The van der Waals surface area contributed by atoms with Crippen molar-refractivity contribution in [2.24, 2.45) is 0 Å². The maximum Gasteiger partial charge on any atom is 0.00732 e. The topological polar surface area (TPSA) is 12.0 Å². The molecule has 1 nitrogen and oxygen atoms in total. The minimum Gasteiger partial charge on any atom is -0.314 e. The highest BCUT2D eigenvalue weighted by atomic mass is 14.9. The van der Waals surface area contributed by atoms with Crippen molar-refractivity contribution < 1.29 is 0 Å². The number of aryl methyl sites for hydroxylation is 1. The monoisotopic (exact) mass is 203 g/mol. The van der Waals surface area contributed by atoms with Crippen LogP contribution in [0.2, 0.25) is 0 Å². The van der Waals surface area contributed by atoms with Crippen LogP contribution in [0, 0.1) is 6.92 Å². The number of benzene rings is 1. The van der Waals surface area contributed by atoms with E-state index >= 15 is 0 Å². The number of rotatable bonds is 3. The fraction of sp³-hybridized carbons (Fsp3) is 0.571. The van der Waals surface area contributed by atoms with Gasteiger partial charge in [0.05, 0.1) is 0 Å². The summed E-state index contributed by atoms with van der Waals surface area (Å²) in [5.74, 6) is 0.682. The van der Waals surface area contributed by atoms with E-state index in [4.69, 9.17) is 0 Å². The lowest BCUT2D eigenvalue weighted by atomic mass is 9.90. The molecule has 1 heterocycles. The van der Waals surface area contributed by atoms with Gasteiger partial charge < -0.3 is 5.32 Å². The Balaban J connectivity index is 2.00. The van der Waals surface area contributed by atoms with Crippen LogP contribution in [-0.2, 0) is 0 Å². The number of hydrogen-bond acceptors (Lipinski definition) is 1. The van der Waals surface area contributed by atoms with Crippen molar-refractivity contribution >= 4 is 0 Å². The molecule has 2 unspecified atom stereocenters. The van der Waals surface area contributed by atoms with Gasteiger partial charge >= 0.3 is 0 Å². The lowest BCUT2D eigenvalue weighted by molar-refractivity contribution is 0.509. The fourth-order valence-electron chi connectivity index (χ4n) is 2.65. The highest BCUT2D eigenvalue weighted by Gasteiger charge is 2.18. The Labute approximate surface area is 92.9 Å². The molecule has 0 saturated carbocycles. The van der Waals surface area contributed by atoms with Gasteiger partial charge in [-0.1, -0.05) is 31.2 Å². The highest BCUT2D eigenvalue weighted by molar-refractivity contribution is 5.28. The Hall–Kier alpha value is -0.820. The molecule has 1 aromatic carbocycles. The van der Waals surface area contributed by atoms with Crippen molar-refractivity contribution in [1.29, 1.82) is 0 Å². The molecule has 0 aromatic heterocycles. The van der Waals surface area contributed by atoms with Gasteiger partial charge in [-0.2, -0.15) is 0 Å². The van der Waals surface area contributed by atoms with E-state index in [1.807, 2.05) is 0 Å². The smallest absolute Gasteiger partial charge is 0.00732 e. The van der Waals surface area contributed by atoms with E-state index in [1.165, 1.54) is 36.9 Å². The Morgan fingerprint density at radius 1 is 1.40 bits per heavy atom. The summed E-state index contributed by atoms with van der Waals surface area (Å²) in [6.07, 6.45) is 3.99. The van der Waals surface area contributed by atoms with E-state index in [-0.39, 0.29) is 0 Å². The maximum absolute atomic E-state index is 3.58. The predicted octanol–water partition coefficient (Wildman–Crippen LogP) is 3.24. The van der Waals surface area contributed by atoms with Gasteiger partial charge in [0.1, 0.15) is 0 Å². The van der Waals surface area contributed by atoms with E-state index in [9.17, 15) is 0 Å². The van der Waals surface area contributed by atoms with Crippen molar-refractivity contribution in [1.82, 2.24) is 5.32 Å². The third kappa shape index (κ3) is 2.60. The molecule has 82 valence electrons. The first kappa shape index (κ1) is 10.7. The summed E-state index contributed by atoms with van der Waals surface area (Å²) in [7, 11) is 0. The Morgan fingerprint density at radius 3 is 2.87 bits per heavy atom. The second-order valence-corrected chi connectivity index (χ2v) is 4.79. The van der Waals surface area contributed by atoms with E-state index in [2.05, 4.69) is 43.4 Å². The minimum absolute atomic E-state index is 0.682. The molecule has 2 atom stereocenters. The van der Waals surface area contributed by atoms with Gasteiger partial charge in [0.15, 0.2) is 0 Å². The van der Waals surface area contributed by atoms with Crippen LogP contribution in [0.4, 0.5) is 0 Å². The molecule has 1 N–H and O–H groups in total. The van der Waals surface area contributed by atoms with Crippen LogP contribution in [0.25, 0.3) is 0 Å². The Bertz CT molecular complexity index is 313. The van der Waals surface area contributed by atoms with Crippen LogP contribution in [-0.4, -0.2) is 12.6 Å². The summed E-state index contributed by atoms with van der Waals surface area (Å²) in [4.78, 5) is 0. The predicted molar refractivity (Wildman–Crippen MR) is 65.2 cm³/mol. The number of hydrogen-bond donors (Lipinski definition) is 1. The van der Waals surface area contributed by atoms with Crippen LogP contribution in [0.1, 0.15) is 43.2 Å². The first-order valence-electron chi connectivity index (χ1n) is 6.06. The molecule has 0 bridgehead atoms. The Morgan fingerprint density at radius 2 is 2.20 bits per heavy atom. The van der Waals surface area contributed by atoms with Crippen LogP contribution in [0.15, 0.2) is 24.3 Å². The molecule has 0 aliphatic carbocycles. The summed E-state index contributed by atoms with van der Waals surface area (Å²) in [5, 5.41) is 3.58. The molecule has 1 aromatic rings. The van der Waals surface area contributed by atoms with Crippen molar-refractivity contribution in [2.45, 2.75) is 45.1 Å². The largest absolute Gasteiger partial charge is 0.314 e. The fourth-order valence-corrected chi connectivity index (χ4v) is 2.65. The second kappa shape index (κ2) is 4.80.